The first kappa shape index (κ1) is 14.3. The minimum atomic E-state index is 0.803. The quantitative estimate of drug-likeness (QED) is 0.779. The molecule has 2 heterocycles. The zero-order valence-electron chi connectivity index (χ0n) is 12.0. The highest BCUT2D eigenvalue weighted by molar-refractivity contribution is 5.19. The molecular weight excluding hydrogens is 232 g/mol. The summed E-state index contributed by atoms with van der Waals surface area (Å²) in [5.74, 6) is 0.803. The summed E-state index contributed by atoms with van der Waals surface area (Å²) < 4.78 is 0. The van der Waals surface area contributed by atoms with Gasteiger partial charge < -0.3 is 10.2 Å². The molecule has 2 nitrogen and oxygen atoms in total. The molecule has 0 spiro atoms. The van der Waals surface area contributed by atoms with Crippen LogP contribution in [-0.2, 0) is 0 Å². The molecule has 1 fully saturated rings. The Balaban J connectivity index is 0.000000186. The third-order valence-electron chi connectivity index (χ3n) is 3.91. The molecule has 19 heavy (non-hydrogen) atoms. The Morgan fingerprint density at radius 2 is 1.79 bits per heavy atom. The summed E-state index contributed by atoms with van der Waals surface area (Å²) in [6, 6.07) is 10.9. The molecule has 1 N–H and O–H groups in total. The van der Waals surface area contributed by atoms with Crippen LogP contribution in [0.4, 0.5) is 0 Å². The van der Waals surface area contributed by atoms with Gasteiger partial charge >= 0.3 is 0 Å². The van der Waals surface area contributed by atoms with Crippen molar-refractivity contribution in [2.75, 3.05) is 33.2 Å². The predicted molar refractivity (Wildman–Crippen MR) is 82.5 cm³/mol. The fourth-order valence-electron chi connectivity index (χ4n) is 2.64. The van der Waals surface area contributed by atoms with E-state index in [1.807, 2.05) is 0 Å². The van der Waals surface area contributed by atoms with E-state index in [2.05, 4.69) is 59.7 Å². The molecule has 0 atom stereocenters. The monoisotopic (exact) mass is 258 g/mol. The van der Waals surface area contributed by atoms with Gasteiger partial charge in [-0.05, 0) is 57.4 Å². The Labute approximate surface area is 117 Å². The number of likely N-dealkylation sites (tertiary alicyclic amines) is 1. The summed E-state index contributed by atoms with van der Waals surface area (Å²) >= 11 is 0. The molecule has 0 saturated carbocycles. The van der Waals surface area contributed by atoms with Crippen molar-refractivity contribution in [1.82, 2.24) is 10.2 Å². The smallest absolute Gasteiger partial charge is 0.0135 e. The van der Waals surface area contributed by atoms with Gasteiger partial charge in [0.05, 0.1) is 0 Å². The van der Waals surface area contributed by atoms with Gasteiger partial charge in [0.15, 0.2) is 0 Å². The van der Waals surface area contributed by atoms with E-state index in [1.165, 1.54) is 37.9 Å². The van der Waals surface area contributed by atoms with Crippen LogP contribution in [0.1, 0.15) is 30.7 Å². The lowest BCUT2D eigenvalue weighted by atomic mass is 9.90. The molecule has 0 radical (unpaired) electrons. The maximum absolute atomic E-state index is 3.20. The summed E-state index contributed by atoms with van der Waals surface area (Å²) in [6.07, 6.45) is 8.21. The van der Waals surface area contributed by atoms with Gasteiger partial charge in [0.1, 0.15) is 0 Å². The van der Waals surface area contributed by atoms with Crippen molar-refractivity contribution in [3.63, 3.8) is 0 Å². The van der Waals surface area contributed by atoms with Crippen molar-refractivity contribution in [1.29, 1.82) is 0 Å². The fourth-order valence-corrected chi connectivity index (χ4v) is 2.64. The molecule has 104 valence electrons. The van der Waals surface area contributed by atoms with Gasteiger partial charge in [-0.3, -0.25) is 0 Å². The number of hydrogen-bond donors (Lipinski definition) is 1. The zero-order valence-corrected chi connectivity index (χ0v) is 12.0. The van der Waals surface area contributed by atoms with Crippen molar-refractivity contribution in [3.05, 3.63) is 48.0 Å². The molecule has 0 aliphatic carbocycles. The maximum atomic E-state index is 3.20. The third kappa shape index (κ3) is 5.17. The fraction of sp³-hybridized carbons (Fsp3) is 0.529. The number of rotatable bonds is 1. The molecule has 0 unspecified atom stereocenters. The van der Waals surface area contributed by atoms with Crippen molar-refractivity contribution in [2.24, 2.45) is 0 Å². The minimum absolute atomic E-state index is 0.803. The van der Waals surface area contributed by atoms with Crippen LogP contribution < -0.4 is 5.32 Å². The van der Waals surface area contributed by atoms with E-state index in [0.717, 1.165) is 19.0 Å². The molecular formula is C17H26N2. The van der Waals surface area contributed by atoms with Crippen LogP contribution >= 0.6 is 0 Å². The summed E-state index contributed by atoms with van der Waals surface area (Å²) in [6.45, 7) is 4.73. The van der Waals surface area contributed by atoms with Crippen molar-refractivity contribution in [3.8, 4) is 0 Å². The van der Waals surface area contributed by atoms with Gasteiger partial charge in [-0.1, -0.05) is 42.5 Å². The molecule has 1 aromatic rings. The number of hydrogen-bond acceptors (Lipinski definition) is 2. The average molecular weight is 258 g/mol. The molecule has 2 aliphatic heterocycles. The second-order valence-corrected chi connectivity index (χ2v) is 5.45. The average Bonchev–Trinajstić information content (AvgIpc) is 2.51. The third-order valence-corrected chi connectivity index (χ3v) is 3.91. The van der Waals surface area contributed by atoms with Crippen LogP contribution in [0.5, 0.6) is 0 Å². The highest BCUT2D eigenvalue weighted by atomic mass is 15.1. The van der Waals surface area contributed by atoms with E-state index >= 15 is 0 Å². The van der Waals surface area contributed by atoms with Gasteiger partial charge in [0.2, 0.25) is 0 Å². The number of benzene rings is 1. The van der Waals surface area contributed by atoms with Gasteiger partial charge in [-0.2, -0.15) is 0 Å². The summed E-state index contributed by atoms with van der Waals surface area (Å²) in [4.78, 5) is 2.42. The summed E-state index contributed by atoms with van der Waals surface area (Å²) in [7, 11) is 2.21. The molecule has 0 bridgehead atoms. The van der Waals surface area contributed by atoms with Crippen LogP contribution in [0, 0.1) is 0 Å². The van der Waals surface area contributed by atoms with Gasteiger partial charge in [0, 0.05) is 6.54 Å². The molecule has 2 heteroatoms. The van der Waals surface area contributed by atoms with E-state index in [-0.39, 0.29) is 0 Å². The number of nitrogens with zero attached hydrogens (tertiary/aromatic N) is 1. The first-order chi connectivity index (χ1) is 9.36. The Hall–Kier alpha value is -1.12. The summed E-state index contributed by atoms with van der Waals surface area (Å²) in [5.41, 5.74) is 1.52. The van der Waals surface area contributed by atoms with Crippen LogP contribution in [0.3, 0.4) is 0 Å². The van der Waals surface area contributed by atoms with Crippen LogP contribution in [0.25, 0.3) is 0 Å². The van der Waals surface area contributed by atoms with Crippen molar-refractivity contribution >= 4 is 0 Å². The van der Waals surface area contributed by atoms with E-state index in [4.69, 9.17) is 0 Å². The standard InChI is InChI=1S/C12H17N.C5H9N/c1-13-9-7-12(8-10-13)11-5-3-2-4-6-11;1-2-4-6-5-3-1/h2-6,12H,7-10H2,1H3;1-2,6H,3-5H2. The van der Waals surface area contributed by atoms with Crippen LogP contribution in [0.15, 0.2) is 42.5 Å². The van der Waals surface area contributed by atoms with Crippen molar-refractivity contribution in [2.45, 2.75) is 25.2 Å². The Morgan fingerprint density at radius 1 is 1.05 bits per heavy atom. The van der Waals surface area contributed by atoms with E-state index in [0.29, 0.717) is 0 Å². The van der Waals surface area contributed by atoms with Gasteiger partial charge in [-0.25, -0.2) is 0 Å². The Kier molecular flexibility index (Phi) is 6.12. The lowest BCUT2D eigenvalue weighted by Crippen LogP contribution is -2.29. The number of nitrogens with one attached hydrogen (secondary N) is 1. The van der Waals surface area contributed by atoms with Gasteiger partial charge in [0.25, 0.3) is 0 Å². The lowest BCUT2D eigenvalue weighted by molar-refractivity contribution is 0.255. The number of piperidine rings is 1. The molecule has 1 saturated heterocycles. The van der Waals surface area contributed by atoms with Crippen molar-refractivity contribution < 1.29 is 0 Å². The highest BCUT2D eigenvalue weighted by Gasteiger charge is 2.17. The zero-order chi connectivity index (χ0) is 13.3. The lowest BCUT2D eigenvalue weighted by Gasteiger charge is -2.29. The van der Waals surface area contributed by atoms with E-state index in [1.54, 1.807) is 0 Å². The molecule has 3 rings (SSSR count). The second kappa shape index (κ2) is 8.13. The first-order valence-electron chi connectivity index (χ1n) is 7.45. The normalized spacial score (nSPS) is 20.7. The predicted octanol–water partition coefficient (Wildman–Crippen LogP) is 3.03. The van der Waals surface area contributed by atoms with Crippen LogP contribution in [0.2, 0.25) is 0 Å². The summed E-state index contributed by atoms with van der Waals surface area (Å²) in [5, 5.41) is 3.20. The molecule has 1 aromatic carbocycles. The molecule has 2 aliphatic rings. The topological polar surface area (TPSA) is 15.3 Å². The second-order valence-electron chi connectivity index (χ2n) is 5.45. The largest absolute Gasteiger partial charge is 0.313 e. The SMILES string of the molecule is C1=CCNCC1.CN1CCC(c2ccccc2)CC1. The maximum Gasteiger partial charge on any atom is 0.0135 e. The first-order valence-corrected chi connectivity index (χ1v) is 7.45. The molecule has 0 aromatic heterocycles. The van der Waals surface area contributed by atoms with E-state index < -0.39 is 0 Å². The molecule has 0 amide bonds. The van der Waals surface area contributed by atoms with E-state index in [9.17, 15) is 0 Å². The Morgan fingerprint density at radius 3 is 2.26 bits per heavy atom. The Bertz CT molecular complexity index is 356. The minimum Gasteiger partial charge on any atom is -0.313 e. The highest BCUT2D eigenvalue weighted by Crippen LogP contribution is 2.26. The van der Waals surface area contributed by atoms with Gasteiger partial charge in [-0.15, -0.1) is 0 Å². The van der Waals surface area contributed by atoms with Crippen LogP contribution in [-0.4, -0.2) is 38.1 Å².